The van der Waals surface area contributed by atoms with Gasteiger partial charge in [0.1, 0.15) is 41.6 Å². The molecule has 9 atom stereocenters. The van der Waals surface area contributed by atoms with Gasteiger partial charge in [-0.25, -0.2) is 4.79 Å². The van der Waals surface area contributed by atoms with Crippen LogP contribution in [0.25, 0.3) is 0 Å². The number of amides is 6. The van der Waals surface area contributed by atoms with Gasteiger partial charge in [0.25, 0.3) is 0 Å². The molecule has 1 rings (SSSR count). The number of rotatable bonds is 20. The van der Waals surface area contributed by atoms with Gasteiger partial charge in [-0.2, -0.15) is 0 Å². The van der Waals surface area contributed by atoms with Crippen LogP contribution in [0.2, 0.25) is 0 Å². The smallest absolute Gasteiger partial charge is 0.328 e. The third kappa shape index (κ3) is 16.1. The zero-order chi connectivity index (χ0) is 41.7. The first-order valence-corrected chi connectivity index (χ1v) is 16.6. The number of aliphatic hydroxyl groups excluding tert-OH is 3. The average molecular weight is 770 g/mol. The Morgan fingerprint density at radius 1 is 0.685 bits per heavy atom. The fraction of sp³-hybridized carbons (Fsp3) is 0.576. The van der Waals surface area contributed by atoms with Gasteiger partial charge < -0.3 is 68.3 Å². The second kappa shape index (κ2) is 20.8. The first kappa shape index (κ1) is 46.6. The van der Waals surface area contributed by atoms with Gasteiger partial charge in [-0.05, 0) is 59.2 Å². The normalized spacial score (nSPS) is 16.3. The summed E-state index contributed by atoms with van der Waals surface area (Å²) in [4.78, 5) is 102. The van der Waals surface area contributed by atoms with Crippen molar-refractivity contribution in [3.8, 4) is 5.75 Å². The molecule has 0 aliphatic heterocycles. The number of carboxylic acids is 1. The van der Waals surface area contributed by atoms with Crippen LogP contribution >= 0.6 is 0 Å². The van der Waals surface area contributed by atoms with E-state index in [1.165, 1.54) is 24.3 Å². The van der Waals surface area contributed by atoms with Crippen molar-refractivity contribution in [2.75, 3.05) is 0 Å². The van der Waals surface area contributed by atoms with Crippen LogP contribution < -0.4 is 38.1 Å². The van der Waals surface area contributed by atoms with E-state index in [0.717, 1.165) is 20.8 Å². The average Bonchev–Trinajstić information content (AvgIpc) is 3.03. The fourth-order valence-electron chi connectivity index (χ4n) is 4.61. The Morgan fingerprint density at radius 3 is 1.59 bits per heavy atom. The minimum absolute atomic E-state index is 0.127. The lowest BCUT2D eigenvalue weighted by Gasteiger charge is -2.28. The summed E-state index contributed by atoms with van der Waals surface area (Å²) in [5.74, 6) is -9.46. The molecule has 0 spiro atoms. The molecule has 0 aliphatic carbocycles. The lowest BCUT2D eigenvalue weighted by molar-refractivity contribution is -0.157. The predicted molar refractivity (Wildman–Crippen MR) is 186 cm³/mol. The van der Waals surface area contributed by atoms with Gasteiger partial charge in [0.2, 0.25) is 35.4 Å². The Hall–Kier alpha value is -5.38. The number of phenolic OH excluding ortho intramolecular Hbond substituents is 1. The molecule has 0 radical (unpaired) electrons. The number of esters is 1. The maximum absolute atomic E-state index is 13.5. The Kier molecular flexibility index (Phi) is 17.9. The first-order chi connectivity index (χ1) is 24.8. The van der Waals surface area contributed by atoms with Crippen molar-refractivity contribution in [1.29, 1.82) is 0 Å². The summed E-state index contributed by atoms with van der Waals surface area (Å²) in [6, 6.07) is -4.99. The van der Waals surface area contributed by atoms with Crippen LogP contribution in [0.5, 0.6) is 5.75 Å². The number of hydrogen-bond donors (Lipinski definition) is 12. The molecule has 6 amide bonds. The molecule has 14 N–H and O–H groups in total. The number of carbonyl (C=O) groups excluding carboxylic acids is 7. The monoisotopic (exact) mass is 769 g/mol. The number of aliphatic carboxylic acids is 1. The van der Waals surface area contributed by atoms with Crippen molar-refractivity contribution < 1.29 is 68.6 Å². The highest BCUT2D eigenvalue weighted by Crippen LogP contribution is 2.13. The lowest BCUT2D eigenvalue weighted by atomic mass is 10.0. The zero-order valence-corrected chi connectivity index (χ0v) is 30.7. The molecule has 21 heteroatoms. The minimum atomic E-state index is -1.89. The van der Waals surface area contributed by atoms with Crippen molar-refractivity contribution in [3.63, 3.8) is 0 Å². The molecule has 1 aromatic rings. The number of aromatic hydroxyl groups is 1. The number of benzene rings is 1. The van der Waals surface area contributed by atoms with Crippen molar-refractivity contribution in [1.82, 2.24) is 26.6 Å². The second-order valence-electron chi connectivity index (χ2n) is 13.6. The number of nitrogens with two attached hydrogens (primary N) is 2. The second-order valence-corrected chi connectivity index (χ2v) is 13.6. The number of primary amides is 1. The highest BCUT2D eigenvalue weighted by molar-refractivity contribution is 5.98. The maximum atomic E-state index is 13.5. The Balaban J connectivity index is 3.25. The Morgan fingerprint density at radius 2 is 1.13 bits per heavy atom. The van der Waals surface area contributed by atoms with Crippen molar-refractivity contribution in [2.45, 2.75) is 121 Å². The zero-order valence-electron chi connectivity index (χ0n) is 30.7. The summed E-state index contributed by atoms with van der Waals surface area (Å²) < 4.78 is 5.11. The number of carbonyl (C=O) groups is 8. The molecule has 0 saturated carbocycles. The maximum Gasteiger partial charge on any atom is 0.328 e. The predicted octanol–water partition coefficient (Wildman–Crippen LogP) is -4.48. The van der Waals surface area contributed by atoms with Crippen molar-refractivity contribution in [2.24, 2.45) is 11.5 Å². The number of aliphatic hydroxyl groups is 3. The van der Waals surface area contributed by atoms with Gasteiger partial charge >= 0.3 is 11.9 Å². The molecule has 0 saturated heterocycles. The summed E-state index contributed by atoms with van der Waals surface area (Å²) in [6.45, 7) is 8.03. The van der Waals surface area contributed by atoms with E-state index in [1.807, 2.05) is 0 Å². The quantitative estimate of drug-likeness (QED) is 0.0556. The van der Waals surface area contributed by atoms with Crippen LogP contribution in [0.4, 0.5) is 0 Å². The van der Waals surface area contributed by atoms with E-state index in [9.17, 15) is 63.9 Å². The molecule has 0 heterocycles. The van der Waals surface area contributed by atoms with Crippen molar-refractivity contribution in [3.05, 3.63) is 29.8 Å². The van der Waals surface area contributed by atoms with E-state index >= 15 is 0 Å². The van der Waals surface area contributed by atoms with Gasteiger partial charge in [-0.3, -0.25) is 33.6 Å². The third-order valence-corrected chi connectivity index (χ3v) is 7.35. The van der Waals surface area contributed by atoms with E-state index in [0.29, 0.717) is 5.56 Å². The first-order valence-electron chi connectivity index (χ1n) is 16.6. The fourth-order valence-corrected chi connectivity index (χ4v) is 4.61. The number of ether oxygens (including phenoxy) is 1. The van der Waals surface area contributed by atoms with Gasteiger partial charge in [0, 0.05) is 6.42 Å². The lowest BCUT2D eigenvalue weighted by Crippen LogP contribution is -2.62. The Labute approximate surface area is 310 Å². The molecule has 0 bridgehead atoms. The summed E-state index contributed by atoms with van der Waals surface area (Å²) in [5, 5.41) is 60.4. The van der Waals surface area contributed by atoms with E-state index in [2.05, 4.69) is 26.6 Å². The molecule has 21 nitrogen and oxygen atoms in total. The van der Waals surface area contributed by atoms with Crippen molar-refractivity contribution >= 4 is 47.4 Å². The van der Waals surface area contributed by atoms with Gasteiger partial charge in [0.05, 0.1) is 31.2 Å². The van der Waals surface area contributed by atoms with Gasteiger partial charge in [0.15, 0.2) is 6.04 Å². The minimum Gasteiger partial charge on any atom is -0.508 e. The highest BCUT2D eigenvalue weighted by atomic mass is 16.6. The van der Waals surface area contributed by atoms with Gasteiger partial charge in [-0.15, -0.1) is 0 Å². The molecular weight excluding hydrogens is 718 g/mol. The molecule has 302 valence electrons. The molecule has 0 fully saturated rings. The van der Waals surface area contributed by atoms with Crippen LogP contribution in [0.3, 0.4) is 0 Å². The number of carboxylic acid groups (broad SMARTS) is 1. The SMILES string of the molecule is C[C@@H](O)[C@H](NC(=O)[C@H](Cc1ccc(O)cc1)NC(=O)[C@H](CC(N)=O)NC(=O)[C@@H](NC(=O)[C@@H](NC(=O)C[C@@H](N)C(=O)OC(C)(C)C)[C@@H](C)O)[C@@H](C)O)C(=O)O. The van der Waals surface area contributed by atoms with E-state index in [4.69, 9.17) is 16.2 Å². The van der Waals surface area contributed by atoms with Crippen LogP contribution in [0.1, 0.15) is 59.9 Å². The molecule has 0 aromatic heterocycles. The van der Waals surface area contributed by atoms with Gasteiger partial charge in [-0.1, -0.05) is 12.1 Å². The summed E-state index contributed by atoms with van der Waals surface area (Å²) in [7, 11) is 0. The van der Waals surface area contributed by atoms with E-state index in [1.54, 1.807) is 20.8 Å². The summed E-state index contributed by atoms with van der Waals surface area (Å²) in [6.07, 6.45) is -6.70. The molecule has 0 unspecified atom stereocenters. The number of hydrogen-bond acceptors (Lipinski definition) is 14. The van der Waals surface area contributed by atoms with Crippen LogP contribution in [0.15, 0.2) is 24.3 Å². The summed E-state index contributed by atoms with van der Waals surface area (Å²) in [5.41, 5.74) is 10.5. The highest BCUT2D eigenvalue weighted by Gasteiger charge is 2.36. The number of phenols is 1. The van der Waals surface area contributed by atoms with Crippen LogP contribution in [0, 0.1) is 0 Å². The van der Waals surface area contributed by atoms with Crippen LogP contribution in [-0.2, 0) is 49.5 Å². The molecule has 54 heavy (non-hydrogen) atoms. The van der Waals surface area contributed by atoms with E-state index in [-0.39, 0.29) is 12.2 Å². The third-order valence-electron chi connectivity index (χ3n) is 7.35. The topological polar surface area (TPSA) is 359 Å². The standard InChI is InChI=1S/C33H51N7O14/c1-14(41)24(38-23(46)12-19(34)32(53)54-33(4,5)6)30(50)39-25(15(2)42)29(49)37-21(13-22(35)45)27(47)36-20(11-17-7-9-18(44)10-8-17)28(48)40-26(16(3)43)31(51)52/h7-10,14-16,19-21,24-26,41-44H,11-13,34H2,1-6H3,(H2,35,45)(H,36,47)(H,37,49)(H,38,46)(H,39,50)(H,40,48)(H,51,52)/t14-,15-,16-,19-,20+,21+,24+,25+,26+/m1/s1. The van der Waals surface area contributed by atoms with E-state index < -0.39 is 120 Å². The Bertz CT molecular complexity index is 1510. The van der Waals surface area contributed by atoms with Crippen LogP contribution in [-0.4, -0.2) is 133 Å². The molecule has 0 aliphatic rings. The molecule has 1 aromatic carbocycles. The largest absolute Gasteiger partial charge is 0.508 e. The molecular formula is C33H51N7O14. The number of nitrogens with one attached hydrogen (secondary N) is 5. The summed E-state index contributed by atoms with van der Waals surface area (Å²) >= 11 is 0.